The fourth-order valence-corrected chi connectivity index (χ4v) is 8.19. The molecule has 0 aliphatic carbocycles. The molecule has 2 aliphatic heterocycles. The number of tetrazole rings is 1. The number of aromatic nitrogens is 4. The highest BCUT2D eigenvalue weighted by Gasteiger charge is 2.64. The molecule has 7 rings (SSSR count). The molecule has 3 heterocycles. The van der Waals surface area contributed by atoms with Gasteiger partial charge in [0.05, 0.1) is 12.1 Å². The van der Waals surface area contributed by atoms with E-state index < -0.39 is 11.6 Å². The molecule has 3 atom stereocenters. The summed E-state index contributed by atoms with van der Waals surface area (Å²) in [6.07, 6.45) is 0. The molecule has 2 saturated heterocycles. The molecule has 2 fully saturated rings. The summed E-state index contributed by atoms with van der Waals surface area (Å²) in [4.78, 5) is 16.2. The Kier molecular flexibility index (Phi) is 6.79. The van der Waals surface area contributed by atoms with Gasteiger partial charge in [0.25, 0.3) is 0 Å². The number of phenols is 1. The quantitative estimate of drug-likeness (QED) is 0.192. The van der Waals surface area contributed by atoms with Crippen LogP contribution in [0.5, 0.6) is 5.75 Å². The van der Waals surface area contributed by atoms with Gasteiger partial charge < -0.3 is 10.0 Å². The lowest BCUT2D eigenvalue weighted by atomic mass is 9.76. The minimum absolute atomic E-state index is 0.0205. The number of hydrogen-bond donors (Lipinski definition) is 2. The lowest BCUT2D eigenvalue weighted by Gasteiger charge is -2.49. The van der Waals surface area contributed by atoms with E-state index in [1.54, 1.807) is 34.6 Å². The summed E-state index contributed by atoms with van der Waals surface area (Å²) >= 11 is 1.77. The number of β-lactam (4-membered cyclic amide) rings is 1. The lowest BCUT2D eigenvalue weighted by Crippen LogP contribution is -2.70. The number of thioether (sulfide) groups is 1. The van der Waals surface area contributed by atoms with E-state index in [9.17, 15) is 9.90 Å². The van der Waals surface area contributed by atoms with E-state index >= 15 is 0 Å². The molecule has 0 bridgehead atoms. The first-order chi connectivity index (χ1) is 20.9. The molecule has 2 N–H and O–H groups in total. The number of phenolic OH excluding ortho intramolecular Hbond substituents is 1. The summed E-state index contributed by atoms with van der Waals surface area (Å²) in [5, 5.41) is 26.4. The second-order valence-corrected chi connectivity index (χ2v) is 13.4. The van der Waals surface area contributed by atoms with Gasteiger partial charge in [-0.05, 0) is 58.7 Å². The van der Waals surface area contributed by atoms with E-state index in [4.69, 9.17) is 0 Å². The van der Waals surface area contributed by atoms with Crippen molar-refractivity contribution in [1.82, 2.24) is 30.4 Å². The van der Waals surface area contributed by atoms with Crippen molar-refractivity contribution in [3.8, 4) is 5.75 Å². The number of fused-ring (bicyclic) bond motifs is 1. The molecule has 2 aliphatic rings. The van der Waals surface area contributed by atoms with E-state index in [2.05, 4.69) is 71.1 Å². The topological polar surface area (TPSA) is 96.2 Å². The van der Waals surface area contributed by atoms with Crippen LogP contribution in [0.1, 0.15) is 48.0 Å². The van der Waals surface area contributed by atoms with Crippen molar-refractivity contribution in [3.63, 3.8) is 0 Å². The van der Waals surface area contributed by atoms with E-state index in [1.165, 1.54) is 0 Å². The molecule has 43 heavy (non-hydrogen) atoms. The maximum Gasteiger partial charge on any atom is 0.244 e. The van der Waals surface area contributed by atoms with E-state index in [-0.39, 0.29) is 27.8 Å². The molecule has 0 radical (unpaired) electrons. The van der Waals surface area contributed by atoms with Crippen LogP contribution in [0, 0.1) is 0 Å². The highest BCUT2D eigenvalue weighted by molar-refractivity contribution is 8.01. The van der Waals surface area contributed by atoms with Gasteiger partial charge in [0, 0.05) is 4.75 Å². The molecule has 216 valence electrons. The third kappa shape index (κ3) is 4.60. The van der Waals surface area contributed by atoms with Gasteiger partial charge in [-0.15, -0.1) is 16.9 Å². The van der Waals surface area contributed by atoms with Crippen molar-refractivity contribution in [1.29, 1.82) is 0 Å². The zero-order chi connectivity index (χ0) is 29.6. The van der Waals surface area contributed by atoms with Crippen LogP contribution in [0.15, 0.2) is 115 Å². The second kappa shape index (κ2) is 10.7. The van der Waals surface area contributed by atoms with Gasteiger partial charge >= 0.3 is 0 Å². The van der Waals surface area contributed by atoms with Crippen LogP contribution < -0.4 is 5.32 Å². The van der Waals surface area contributed by atoms with E-state index in [1.807, 2.05) is 65.6 Å². The van der Waals surface area contributed by atoms with Crippen LogP contribution in [0.2, 0.25) is 0 Å². The molecule has 1 aromatic heterocycles. The van der Waals surface area contributed by atoms with Crippen molar-refractivity contribution < 1.29 is 9.90 Å². The first-order valence-corrected chi connectivity index (χ1v) is 15.2. The Bertz CT molecular complexity index is 1650. The van der Waals surface area contributed by atoms with E-state index in [0.29, 0.717) is 12.4 Å². The number of amides is 1. The first-order valence-electron chi connectivity index (χ1n) is 14.4. The van der Waals surface area contributed by atoms with Gasteiger partial charge in [-0.2, -0.15) is 0 Å². The van der Waals surface area contributed by atoms with Crippen LogP contribution in [0.3, 0.4) is 0 Å². The van der Waals surface area contributed by atoms with Crippen LogP contribution in [0.4, 0.5) is 0 Å². The second-order valence-electron chi connectivity index (χ2n) is 11.6. The number of carbonyl (C=O) groups excluding carboxylic acids is 1. The average Bonchev–Trinajstić information content (AvgIpc) is 3.57. The maximum atomic E-state index is 14.3. The third-order valence-corrected chi connectivity index (χ3v) is 10.1. The third-order valence-electron chi connectivity index (χ3n) is 8.48. The first kappa shape index (κ1) is 27.4. The predicted molar refractivity (Wildman–Crippen MR) is 166 cm³/mol. The molecule has 8 nitrogen and oxygen atoms in total. The van der Waals surface area contributed by atoms with E-state index in [0.717, 1.165) is 22.3 Å². The normalized spacial score (nSPS) is 20.9. The summed E-state index contributed by atoms with van der Waals surface area (Å²) in [6.45, 7) is 4.69. The van der Waals surface area contributed by atoms with Crippen LogP contribution in [0.25, 0.3) is 0 Å². The summed E-state index contributed by atoms with van der Waals surface area (Å²) < 4.78 is 1.39. The molecule has 5 aromatic rings. The highest BCUT2D eigenvalue weighted by Crippen LogP contribution is 2.57. The molecule has 0 saturated carbocycles. The van der Waals surface area contributed by atoms with Crippen LogP contribution >= 0.6 is 11.8 Å². The van der Waals surface area contributed by atoms with Gasteiger partial charge in [-0.3, -0.25) is 10.1 Å². The largest absolute Gasteiger partial charge is 0.508 e. The Morgan fingerprint density at radius 1 is 0.860 bits per heavy atom. The number of carbonyl (C=O) groups is 1. The zero-order valence-corrected chi connectivity index (χ0v) is 24.7. The molecule has 4 aromatic carbocycles. The molecule has 2 unspecified atom stereocenters. The summed E-state index contributed by atoms with van der Waals surface area (Å²) in [7, 11) is 0. The van der Waals surface area contributed by atoms with Gasteiger partial charge in [0.2, 0.25) is 5.91 Å². The fraction of sp³-hybridized carbons (Fsp3) is 0.235. The Balaban J connectivity index is 1.26. The average molecular weight is 589 g/mol. The fourth-order valence-electron chi connectivity index (χ4n) is 6.56. The van der Waals surface area contributed by atoms with Crippen molar-refractivity contribution in [2.24, 2.45) is 0 Å². The lowest BCUT2D eigenvalue weighted by molar-refractivity contribution is -0.150. The standard InChI is InChI=1S/C34H32N6O2S/c1-33(2)29(30-36-37-38-39(30)22-23-13-12-20-27(41)21-23)40-31(42)28(32(40)43-33)35-34(24-14-6-3-7-15-24,25-16-8-4-9-17-25)26-18-10-5-11-19-26/h3-21,28-29,32,35,41H,22H2,1-2H3/t28?,29?,32-/m1/s1. The smallest absolute Gasteiger partial charge is 0.244 e. The van der Waals surface area contributed by atoms with Gasteiger partial charge in [-0.25, -0.2) is 4.68 Å². The molecule has 1 amide bonds. The number of nitrogens with zero attached hydrogens (tertiary/aromatic N) is 5. The zero-order valence-electron chi connectivity index (χ0n) is 23.9. The number of hydrogen-bond acceptors (Lipinski definition) is 7. The Morgan fingerprint density at radius 3 is 2.00 bits per heavy atom. The monoisotopic (exact) mass is 588 g/mol. The maximum absolute atomic E-state index is 14.3. The van der Waals surface area contributed by atoms with Crippen molar-refractivity contribution in [2.45, 2.75) is 48.1 Å². The Hall–Kier alpha value is -4.47. The number of aromatic hydroxyl groups is 1. The molecular formula is C34H32N6O2S. The Morgan fingerprint density at radius 2 is 1.44 bits per heavy atom. The molecular weight excluding hydrogens is 556 g/mol. The minimum Gasteiger partial charge on any atom is -0.508 e. The van der Waals surface area contributed by atoms with Crippen LogP contribution in [-0.2, 0) is 16.9 Å². The van der Waals surface area contributed by atoms with Crippen molar-refractivity contribution in [3.05, 3.63) is 143 Å². The number of benzene rings is 4. The summed E-state index contributed by atoms with van der Waals surface area (Å²) in [6, 6.07) is 37.4. The summed E-state index contributed by atoms with van der Waals surface area (Å²) in [5.74, 6) is 0.845. The summed E-state index contributed by atoms with van der Waals surface area (Å²) in [5.41, 5.74) is 3.31. The number of nitrogens with one attached hydrogen (secondary N) is 1. The van der Waals surface area contributed by atoms with Crippen molar-refractivity contribution >= 4 is 17.7 Å². The predicted octanol–water partition coefficient (Wildman–Crippen LogP) is 5.11. The van der Waals surface area contributed by atoms with Crippen LogP contribution in [-0.4, -0.2) is 52.3 Å². The number of rotatable bonds is 8. The SMILES string of the molecule is CC1(C)S[C@@H]2C(NC(c3ccccc3)(c3ccccc3)c3ccccc3)C(=O)N2C1c1nnnn1Cc1cccc(O)c1. The van der Waals surface area contributed by atoms with Crippen molar-refractivity contribution in [2.75, 3.05) is 0 Å². The Labute approximate surface area is 254 Å². The minimum atomic E-state index is -0.754. The van der Waals surface area contributed by atoms with Gasteiger partial charge in [0.15, 0.2) is 5.82 Å². The molecule has 9 heteroatoms. The van der Waals surface area contributed by atoms with Gasteiger partial charge in [-0.1, -0.05) is 103 Å². The molecule has 0 spiro atoms. The van der Waals surface area contributed by atoms with Gasteiger partial charge in [0.1, 0.15) is 23.2 Å². The highest BCUT2D eigenvalue weighted by atomic mass is 32.2.